The molecule has 0 saturated heterocycles. The first-order chi connectivity index (χ1) is 14.2. The predicted octanol–water partition coefficient (Wildman–Crippen LogP) is 8.03. The molecule has 0 spiro atoms. The zero-order chi connectivity index (χ0) is 19.5. The maximum absolute atomic E-state index is 6.66. The molecule has 1 aliphatic carbocycles. The maximum Gasteiger partial charge on any atom is 0.155 e. The monoisotopic (exact) mass is 377 g/mol. The number of anilines is 3. The van der Waals surface area contributed by atoms with Gasteiger partial charge in [0.15, 0.2) is 11.5 Å². The van der Waals surface area contributed by atoms with Crippen molar-refractivity contribution in [2.75, 3.05) is 4.90 Å². The molecule has 2 aliphatic rings. The van der Waals surface area contributed by atoms with Crippen LogP contribution >= 0.6 is 0 Å². The molecule has 0 aromatic heterocycles. The molecule has 142 valence electrons. The van der Waals surface area contributed by atoms with E-state index >= 15 is 0 Å². The van der Waals surface area contributed by atoms with E-state index in [0.717, 1.165) is 22.9 Å². The summed E-state index contributed by atoms with van der Waals surface area (Å²) in [5.74, 6) is 2.99. The summed E-state index contributed by atoms with van der Waals surface area (Å²) in [6.07, 6.45) is 1.17. The number of rotatable bonds is 1. The number of benzene rings is 4. The molecule has 0 bridgehead atoms. The fourth-order valence-corrected chi connectivity index (χ4v) is 5.36. The average molecular weight is 377 g/mol. The molecular weight excluding hydrogens is 354 g/mol. The Morgan fingerprint density at radius 2 is 1.38 bits per heavy atom. The number of ether oxygens (including phenoxy) is 1. The van der Waals surface area contributed by atoms with Gasteiger partial charge in [0.25, 0.3) is 0 Å². The standard InChI is InChI=1S/C27H23NO/c1-17-16-18(2)25-24(17)20-12-6-7-13-21(20)26-27(25)29-23-15-9-8-14-22(23)28(26)19-10-4-3-5-11-19/h3-15,17-18H,16H2,1-2H3. The summed E-state index contributed by atoms with van der Waals surface area (Å²) >= 11 is 0. The molecule has 1 aliphatic heterocycles. The molecule has 2 unspecified atom stereocenters. The van der Waals surface area contributed by atoms with Crippen LogP contribution in [0.1, 0.15) is 43.2 Å². The Kier molecular flexibility index (Phi) is 3.52. The third-order valence-corrected chi connectivity index (χ3v) is 6.47. The van der Waals surface area contributed by atoms with E-state index in [-0.39, 0.29) is 0 Å². The van der Waals surface area contributed by atoms with Crippen molar-refractivity contribution in [3.63, 3.8) is 0 Å². The van der Waals surface area contributed by atoms with E-state index in [1.807, 2.05) is 0 Å². The Hall–Kier alpha value is -3.26. The second-order valence-corrected chi connectivity index (χ2v) is 8.33. The van der Waals surface area contributed by atoms with Gasteiger partial charge in [-0.3, -0.25) is 0 Å². The summed E-state index contributed by atoms with van der Waals surface area (Å²) in [6.45, 7) is 4.70. The molecule has 0 radical (unpaired) electrons. The lowest BCUT2D eigenvalue weighted by Crippen LogP contribution is -2.17. The van der Waals surface area contributed by atoms with Crippen molar-refractivity contribution >= 4 is 27.8 Å². The van der Waals surface area contributed by atoms with Gasteiger partial charge in [-0.05, 0) is 53.5 Å². The first kappa shape index (κ1) is 16.7. The zero-order valence-corrected chi connectivity index (χ0v) is 16.7. The second kappa shape index (κ2) is 6.12. The molecule has 4 aromatic carbocycles. The van der Waals surface area contributed by atoms with Gasteiger partial charge in [0.05, 0.1) is 11.4 Å². The first-order valence-corrected chi connectivity index (χ1v) is 10.4. The number of hydrogen-bond acceptors (Lipinski definition) is 2. The van der Waals surface area contributed by atoms with E-state index in [4.69, 9.17) is 4.74 Å². The summed E-state index contributed by atoms with van der Waals surface area (Å²) in [5, 5.41) is 2.63. The van der Waals surface area contributed by atoms with Crippen molar-refractivity contribution in [3.05, 3.63) is 90.0 Å². The fourth-order valence-electron chi connectivity index (χ4n) is 5.36. The molecule has 1 heterocycles. The summed E-state index contributed by atoms with van der Waals surface area (Å²) in [4.78, 5) is 2.38. The van der Waals surface area contributed by atoms with Gasteiger partial charge in [-0.15, -0.1) is 0 Å². The van der Waals surface area contributed by atoms with Crippen LogP contribution in [0.25, 0.3) is 10.8 Å². The van der Waals surface area contributed by atoms with Gasteiger partial charge < -0.3 is 9.64 Å². The summed E-state index contributed by atoms with van der Waals surface area (Å²) < 4.78 is 6.66. The fraction of sp³-hybridized carbons (Fsp3) is 0.185. The molecule has 2 nitrogen and oxygen atoms in total. The number of para-hydroxylation sites is 3. The molecule has 0 N–H and O–H groups in total. The van der Waals surface area contributed by atoms with Crippen LogP contribution in [0.2, 0.25) is 0 Å². The van der Waals surface area contributed by atoms with Crippen LogP contribution in [-0.2, 0) is 0 Å². The van der Waals surface area contributed by atoms with E-state index in [0.29, 0.717) is 11.8 Å². The van der Waals surface area contributed by atoms with E-state index in [9.17, 15) is 0 Å². The highest BCUT2D eigenvalue weighted by Gasteiger charge is 2.37. The van der Waals surface area contributed by atoms with Gasteiger partial charge >= 0.3 is 0 Å². The van der Waals surface area contributed by atoms with Crippen LogP contribution in [0, 0.1) is 0 Å². The molecule has 29 heavy (non-hydrogen) atoms. The smallest absolute Gasteiger partial charge is 0.155 e. The third kappa shape index (κ3) is 2.29. The highest BCUT2D eigenvalue weighted by Crippen LogP contribution is 2.60. The molecule has 6 rings (SSSR count). The van der Waals surface area contributed by atoms with Crippen LogP contribution in [0.3, 0.4) is 0 Å². The number of nitrogens with zero attached hydrogens (tertiary/aromatic N) is 1. The maximum atomic E-state index is 6.66. The van der Waals surface area contributed by atoms with Crippen LogP contribution in [0.5, 0.6) is 11.5 Å². The Morgan fingerprint density at radius 1 is 0.724 bits per heavy atom. The quantitative estimate of drug-likeness (QED) is 0.293. The van der Waals surface area contributed by atoms with Crippen molar-refractivity contribution < 1.29 is 4.74 Å². The molecule has 0 amide bonds. The lowest BCUT2D eigenvalue weighted by Gasteiger charge is -2.35. The van der Waals surface area contributed by atoms with Gasteiger partial charge in [0.2, 0.25) is 0 Å². The van der Waals surface area contributed by atoms with Crippen molar-refractivity contribution in [2.45, 2.75) is 32.1 Å². The van der Waals surface area contributed by atoms with Crippen molar-refractivity contribution in [1.29, 1.82) is 0 Å². The normalized spacial score (nSPS) is 19.4. The number of fused-ring (bicyclic) bond motifs is 7. The summed E-state index contributed by atoms with van der Waals surface area (Å²) in [6, 6.07) is 27.9. The van der Waals surface area contributed by atoms with Crippen LogP contribution in [0.15, 0.2) is 78.9 Å². The van der Waals surface area contributed by atoms with Crippen LogP contribution in [0.4, 0.5) is 17.1 Å². The van der Waals surface area contributed by atoms with Crippen LogP contribution < -0.4 is 9.64 Å². The Morgan fingerprint density at radius 3 is 2.21 bits per heavy atom. The average Bonchev–Trinajstić information content (AvgIpc) is 3.07. The number of hydrogen-bond donors (Lipinski definition) is 0. The van der Waals surface area contributed by atoms with Crippen LogP contribution in [-0.4, -0.2) is 0 Å². The Labute approximate surface area is 171 Å². The Balaban J connectivity index is 1.77. The second-order valence-electron chi connectivity index (χ2n) is 8.33. The van der Waals surface area contributed by atoms with Gasteiger partial charge in [-0.1, -0.05) is 68.4 Å². The molecule has 0 fully saturated rings. The molecule has 4 aromatic rings. The van der Waals surface area contributed by atoms with E-state index in [1.165, 1.54) is 34.0 Å². The minimum atomic E-state index is 0.487. The van der Waals surface area contributed by atoms with Gasteiger partial charge in [-0.2, -0.15) is 0 Å². The highest BCUT2D eigenvalue weighted by atomic mass is 16.5. The molecule has 0 saturated carbocycles. The predicted molar refractivity (Wildman–Crippen MR) is 120 cm³/mol. The van der Waals surface area contributed by atoms with E-state index in [2.05, 4.69) is 97.6 Å². The zero-order valence-electron chi connectivity index (χ0n) is 16.7. The lowest BCUT2D eigenvalue weighted by atomic mass is 9.91. The lowest BCUT2D eigenvalue weighted by molar-refractivity contribution is 0.468. The van der Waals surface area contributed by atoms with Crippen molar-refractivity contribution in [2.24, 2.45) is 0 Å². The minimum absolute atomic E-state index is 0.487. The largest absolute Gasteiger partial charge is 0.453 e. The topological polar surface area (TPSA) is 12.5 Å². The molecule has 2 atom stereocenters. The van der Waals surface area contributed by atoms with Gasteiger partial charge in [0, 0.05) is 16.6 Å². The molecular formula is C27H23NO. The molecule has 2 heteroatoms. The summed E-state index contributed by atoms with van der Waals surface area (Å²) in [7, 11) is 0. The van der Waals surface area contributed by atoms with E-state index in [1.54, 1.807) is 0 Å². The minimum Gasteiger partial charge on any atom is -0.453 e. The van der Waals surface area contributed by atoms with Crippen molar-refractivity contribution in [1.82, 2.24) is 0 Å². The highest BCUT2D eigenvalue weighted by molar-refractivity contribution is 6.07. The van der Waals surface area contributed by atoms with Gasteiger partial charge in [0.1, 0.15) is 0 Å². The summed E-state index contributed by atoms with van der Waals surface area (Å²) in [5.41, 5.74) is 6.29. The van der Waals surface area contributed by atoms with Gasteiger partial charge in [-0.25, -0.2) is 0 Å². The Bertz CT molecular complexity index is 1240. The third-order valence-electron chi connectivity index (χ3n) is 6.47. The first-order valence-electron chi connectivity index (χ1n) is 10.4. The SMILES string of the molecule is CC1CC(C)c2c1c1c(c3ccccc23)N(c2ccccc2)c2ccccc2O1. The van der Waals surface area contributed by atoms with E-state index < -0.39 is 0 Å². The van der Waals surface area contributed by atoms with Crippen molar-refractivity contribution in [3.8, 4) is 11.5 Å².